The topological polar surface area (TPSA) is 64.1 Å². The highest BCUT2D eigenvalue weighted by Crippen LogP contribution is 2.29. The smallest absolute Gasteiger partial charge is 0.320 e. The molecule has 6 nitrogen and oxygen atoms in total. The van der Waals surface area contributed by atoms with Gasteiger partial charge >= 0.3 is 12.0 Å². The summed E-state index contributed by atoms with van der Waals surface area (Å²) in [6, 6.07) is 0.711. The van der Waals surface area contributed by atoms with Crippen molar-refractivity contribution in [2.24, 2.45) is 0 Å². The molecule has 0 radical (unpaired) electrons. The molecule has 0 spiro atoms. The molecule has 6 heteroatoms. The molecule has 2 aliphatic rings. The molecule has 1 saturated heterocycles. The lowest BCUT2D eigenvalue weighted by Crippen LogP contribution is -2.45. The zero-order valence-corrected chi connectivity index (χ0v) is 11.7. The highest BCUT2D eigenvalue weighted by atomic mass is 16.4. The summed E-state index contributed by atoms with van der Waals surface area (Å²) in [7, 11) is 4.06. The number of rotatable bonds is 5. The molecule has 1 saturated carbocycles. The van der Waals surface area contributed by atoms with Crippen LogP contribution in [-0.2, 0) is 4.79 Å². The molecule has 1 aliphatic heterocycles. The standard InChI is InChI=1S/C13H23N3O3/c1-14(2)11-5-7-15(9-11)13(19)16(10-3-4-10)8-6-12(17)18/h10-11H,3-9H2,1-2H3,(H,17,18). The van der Waals surface area contributed by atoms with Crippen LogP contribution in [0, 0.1) is 0 Å². The van der Waals surface area contributed by atoms with Gasteiger partial charge in [-0.05, 0) is 33.4 Å². The fourth-order valence-corrected chi connectivity index (χ4v) is 2.56. The van der Waals surface area contributed by atoms with Crippen LogP contribution < -0.4 is 0 Å². The number of carbonyl (C=O) groups excluding carboxylic acids is 1. The quantitative estimate of drug-likeness (QED) is 0.797. The largest absolute Gasteiger partial charge is 0.481 e. The van der Waals surface area contributed by atoms with E-state index in [1.807, 2.05) is 19.0 Å². The van der Waals surface area contributed by atoms with Crippen LogP contribution in [0.1, 0.15) is 25.7 Å². The van der Waals surface area contributed by atoms with Crippen molar-refractivity contribution in [2.75, 3.05) is 33.7 Å². The Hall–Kier alpha value is -1.30. The van der Waals surface area contributed by atoms with Gasteiger partial charge in [0.1, 0.15) is 0 Å². The summed E-state index contributed by atoms with van der Waals surface area (Å²) in [5.41, 5.74) is 0. The van der Waals surface area contributed by atoms with E-state index in [-0.39, 0.29) is 18.5 Å². The molecule has 1 N–H and O–H groups in total. The summed E-state index contributed by atoms with van der Waals surface area (Å²) in [4.78, 5) is 28.9. The number of hydrogen-bond donors (Lipinski definition) is 1. The Morgan fingerprint density at radius 3 is 2.37 bits per heavy atom. The first-order chi connectivity index (χ1) is 8.99. The van der Waals surface area contributed by atoms with Gasteiger partial charge in [0.15, 0.2) is 0 Å². The Bertz CT molecular complexity index is 355. The maximum atomic E-state index is 12.4. The van der Waals surface area contributed by atoms with E-state index in [4.69, 9.17) is 5.11 Å². The summed E-state index contributed by atoms with van der Waals surface area (Å²) < 4.78 is 0. The van der Waals surface area contributed by atoms with Crippen LogP contribution in [0.25, 0.3) is 0 Å². The average molecular weight is 269 g/mol. The van der Waals surface area contributed by atoms with Gasteiger partial charge in [0.05, 0.1) is 6.42 Å². The fraction of sp³-hybridized carbons (Fsp3) is 0.846. The van der Waals surface area contributed by atoms with E-state index in [1.54, 1.807) is 4.90 Å². The van der Waals surface area contributed by atoms with Crippen LogP contribution >= 0.6 is 0 Å². The van der Waals surface area contributed by atoms with E-state index in [0.29, 0.717) is 12.6 Å². The molecule has 1 aliphatic carbocycles. The number of likely N-dealkylation sites (N-methyl/N-ethyl adjacent to an activating group) is 1. The summed E-state index contributed by atoms with van der Waals surface area (Å²) in [6.45, 7) is 1.86. The highest BCUT2D eigenvalue weighted by molar-refractivity contribution is 5.76. The number of carbonyl (C=O) groups is 2. The molecule has 1 heterocycles. The van der Waals surface area contributed by atoms with Crippen LogP contribution in [0.15, 0.2) is 0 Å². The van der Waals surface area contributed by atoms with Gasteiger partial charge in [0.25, 0.3) is 0 Å². The SMILES string of the molecule is CN(C)C1CCN(C(=O)N(CCC(=O)O)C2CC2)C1. The molecular formula is C13H23N3O3. The van der Waals surface area contributed by atoms with Crippen molar-refractivity contribution >= 4 is 12.0 Å². The predicted octanol–water partition coefficient (Wildman–Crippen LogP) is 0.681. The minimum absolute atomic E-state index is 0.0214. The molecule has 2 amide bonds. The number of likely N-dealkylation sites (tertiary alicyclic amines) is 1. The first kappa shape index (κ1) is 14.1. The van der Waals surface area contributed by atoms with E-state index in [9.17, 15) is 9.59 Å². The van der Waals surface area contributed by atoms with Crippen molar-refractivity contribution in [3.8, 4) is 0 Å². The van der Waals surface area contributed by atoms with Crippen molar-refractivity contribution in [2.45, 2.75) is 37.8 Å². The molecule has 108 valence electrons. The van der Waals surface area contributed by atoms with Gasteiger partial charge in [-0.3, -0.25) is 4.79 Å². The maximum Gasteiger partial charge on any atom is 0.320 e. The number of nitrogens with zero attached hydrogens (tertiary/aromatic N) is 3. The first-order valence-corrected chi connectivity index (χ1v) is 6.93. The van der Waals surface area contributed by atoms with Gasteiger partial charge in [-0.2, -0.15) is 0 Å². The van der Waals surface area contributed by atoms with Gasteiger partial charge in [-0.15, -0.1) is 0 Å². The molecule has 2 rings (SSSR count). The minimum Gasteiger partial charge on any atom is -0.481 e. The second kappa shape index (κ2) is 5.77. The van der Waals surface area contributed by atoms with Gasteiger partial charge in [0, 0.05) is 31.7 Å². The Balaban J connectivity index is 1.90. The molecule has 0 aromatic carbocycles. The van der Waals surface area contributed by atoms with E-state index < -0.39 is 5.97 Å². The van der Waals surface area contributed by atoms with E-state index in [2.05, 4.69) is 4.90 Å². The van der Waals surface area contributed by atoms with Crippen molar-refractivity contribution < 1.29 is 14.7 Å². The zero-order chi connectivity index (χ0) is 14.0. The molecular weight excluding hydrogens is 246 g/mol. The molecule has 0 aromatic rings. The van der Waals surface area contributed by atoms with Crippen LogP contribution in [-0.4, -0.2) is 77.6 Å². The molecule has 2 fully saturated rings. The normalized spacial score (nSPS) is 22.9. The van der Waals surface area contributed by atoms with Crippen molar-refractivity contribution in [3.63, 3.8) is 0 Å². The Morgan fingerprint density at radius 2 is 1.89 bits per heavy atom. The zero-order valence-electron chi connectivity index (χ0n) is 11.7. The molecule has 1 unspecified atom stereocenters. The third-order valence-corrected chi connectivity index (χ3v) is 3.96. The second-order valence-corrected chi connectivity index (χ2v) is 5.70. The van der Waals surface area contributed by atoms with Crippen molar-refractivity contribution in [3.05, 3.63) is 0 Å². The summed E-state index contributed by atoms with van der Waals surface area (Å²) in [6.07, 6.45) is 3.05. The Kier molecular flexibility index (Phi) is 4.29. The lowest BCUT2D eigenvalue weighted by molar-refractivity contribution is -0.137. The van der Waals surface area contributed by atoms with E-state index in [0.717, 1.165) is 32.4 Å². The number of amides is 2. The molecule has 0 bridgehead atoms. The summed E-state index contributed by atoms with van der Waals surface area (Å²) in [5.74, 6) is -0.842. The van der Waals surface area contributed by atoms with Gasteiger partial charge in [-0.25, -0.2) is 4.79 Å². The third kappa shape index (κ3) is 3.59. The lowest BCUT2D eigenvalue weighted by Gasteiger charge is -2.28. The molecule has 19 heavy (non-hydrogen) atoms. The van der Waals surface area contributed by atoms with Crippen molar-refractivity contribution in [1.82, 2.24) is 14.7 Å². The number of hydrogen-bond acceptors (Lipinski definition) is 3. The average Bonchev–Trinajstić information content (AvgIpc) is 3.05. The highest BCUT2D eigenvalue weighted by Gasteiger charge is 2.37. The van der Waals surface area contributed by atoms with Crippen LogP contribution in [0.4, 0.5) is 4.79 Å². The van der Waals surface area contributed by atoms with E-state index >= 15 is 0 Å². The van der Waals surface area contributed by atoms with Crippen LogP contribution in [0.2, 0.25) is 0 Å². The number of urea groups is 1. The van der Waals surface area contributed by atoms with Gasteiger partial charge < -0.3 is 19.8 Å². The van der Waals surface area contributed by atoms with E-state index in [1.165, 1.54) is 0 Å². The molecule has 0 aromatic heterocycles. The van der Waals surface area contributed by atoms with Gasteiger partial charge in [0.2, 0.25) is 0 Å². The lowest BCUT2D eigenvalue weighted by atomic mass is 10.2. The first-order valence-electron chi connectivity index (χ1n) is 6.93. The summed E-state index contributed by atoms with van der Waals surface area (Å²) >= 11 is 0. The van der Waals surface area contributed by atoms with Crippen LogP contribution in [0.5, 0.6) is 0 Å². The number of carboxylic acids is 1. The predicted molar refractivity (Wildman–Crippen MR) is 71.0 cm³/mol. The second-order valence-electron chi connectivity index (χ2n) is 5.70. The molecule has 1 atom stereocenters. The Labute approximate surface area is 114 Å². The van der Waals surface area contributed by atoms with Gasteiger partial charge in [-0.1, -0.05) is 0 Å². The number of aliphatic carboxylic acids is 1. The van der Waals surface area contributed by atoms with Crippen molar-refractivity contribution in [1.29, 1.82) is 0 Å². The third-order valence-electron chi connectivity index (χ3n) is 3.96. The maximum absolute atomic E-state index is 12.4. The monoisotopic (exact) mass is 269 g/mol. The van der Waals surface area contributed by atoms with Crippen LogP contribution in [0.3, 0.4) is 0 Å². The summed E-state index contributed by atoms with van der Waals surface area (Å²) in [5, 5.41) is 8.77. The fourth-order valence-electron chi connectivity index (χ4n) is 2.56. The Morgan fingerprint density at radius 1 is 1.21 bits per heavy atom. The number of carboxylic acid groups (broad SMARTS) is 1. The minimum atomic E-state index is -0.842.